The van der Waals surface area contributed by atoms with E-state index in [4.69, 9.17) is 0 Å². The predicted octanol–water partition coefficient (Wildman–Crippen LogP) is 0.267. The normalized spacial score (nSPS) is 27.3. The Morgan fingerprint density at radius 3 is 2.37 bits per heavy atom. The SMILES string of the molecule is CC[N+]1(C(=O)C(=O)CC(C)C)CCCCC1C(=O)[O-]. The molecule has 1 amide bonds. The third kappa shape index (κ3) is 3.21. The lowest BCUT2D eigenvalue weighted by atomic mass is 9.95. The summed E-state index contributed by atoms with van der Waals surface area (Å²) in [5.74, 6) is -2.12. The van der Waals surface area contributed by atoms with Crippen LogP contribution in [0.1, 0.15) is 46.5 Å². The van der Waals surface area contributed by atoms with Crippen LogP contribution < -0.4 is 5.11 Å². The van der Waals surface area contributed by atoms with Gasteiger partial charge >= 0.3 is 5.91 Å². The van der Waals surface area contributed by atoms with Crippen molar-refractivity contribution in [2.45, 2.75) is 52.5 Å². The Morgan fingerprint density at radius 1 is 1.26 bits per heavy atom. The summed E-state index contributed by atoms with van der Waals surface area (Å²) in [7, 11) is 0. The van der Waals surface area contributed by atoms with E-state index in [1.54, 1.807) is 6.92 Å². The van der Waals surface area contributed by atoms with Gasteiger partial charge in [0.15, 0.2) is 0 Å². The fraction of sp³-hybridized carbons (Fsp3) is 0.786. The lowest BCUT2D eigenvalue weighted by Gasteiger charge is -2.44. The molecular weight excluding hydrogens is 246 g/mol. The van der Waals surface area contributed by atoms with E-state index in [0.29, 0.717) is 19.5 Å². The van der Waals surface area contributed by atoms with Crippen molar-refractivity contribution in [1.82, 2.24) is 0 Å². The van der Waals surface area contributed by atoms with E-state index in [9.17, 15) is 19.5 Å². The van der Waals surface area contributed by atoms with E-state index in [-0.39, 0.29) is 16.8 Å². The van der Waals surface area contributed by atoms with Crippen molar-refractivity contribution in [1.29, 1.82) is 0 Å². The number of likely N-dealkylation sites (tertiary alicyclic amines) is 1. The Kier molecular flexibility index (Phi) is 5.23. The van der Waals surface area contributed by atoms with Crippen LogP contribution in [-0.4, -0.2) is 41.3 Å². The highest BCUT2D eigenvalue weighted by Crippen LogP contribution is 2.27. The molecule has 0 radical (unpaired) electrons. The summed E-state index contributed by atoms with van der Waals surface area (Å²) in [6.07, 6.45) is 2.14. The van der Waals surface area contributed by atoms with Gasteiger partial charge in [-0.2, -0.15) is 0 Å². The number of amides is 1. The van der Waals surface area contributed by atoms with Crippen LogP contribution in [0.3, 0.4) is 0 Å². The standard InChI is InChI=1S/C14H23NO4/c1-4-15(13(17)12(16)9-10(2)3)8-6-5-7-11(15)14(18)19/h10-11H,4-9H2,1-3H3. The number of aliphatic carboxylic acids is 1. The number of rotatable bonds is 5. The van der Waals surface area contributed by atoms with Crippen LogP contribution >= 0.6 is 0 Å². The van der Waals surface area contributed by atoms with Gasteiger partial charge in [0.05, 0.1) is 19.1 Å². The van der Waals surface area contributed by atoms with Gasteiger partial charge in [-0.3, -0.25) is 4.79 Å². The smallest absolute Gasteiger partial charge is 0.382 e. The van der Waals surface area contributed by atoms with E-state index in [2.05, 4.69) is 0 Å². The number of carboxylic acid groups (broad SMARTS) is 1. The average Bonchev–Trinajstić information content (AvgIpc) is 2.36. The molecule has 1 aliphatic rings. The van der Waals surface area contributed by atoms with Gasteiger partial charge in [-0.15, -0.1) is 0 Å². The molecule has 1 saturated heterocycles. The van der Waals surface area contributed by atoms with Gasteiger partial charge in [-0.1, -0.05) is 13.8 Å². The molecular formula is C14H23NO4. The van der Waals surface area contributed by atoms with Crippen LogP contribution in [0.2, 0.25) is 0 Å². The number of carbonyl (C=O) groups excluding carboxylic acids is 3. The molecule has 1 fully saturated rings. The summed E-state index contributed by atoms with van der Waals surface area (Å²) in [4.78, 5) is 35.7. The highest BCUT2D eigenvalue weighted by Gasteiger charge is 2.48. The lowest BCUT2D eigenvalue weighted by Crippen LogP contribution is -2.68. The minimum absolute atomic E-state index is 0.0968. The molecule has 0 N–H and O–H groups in total. The number of carboxylic acids is 1. The van der Waals surface area contributed by atoms with Crippen LogP contribution in [0, 0.1) is 5.92 Å². The summed E-state index contributed by atoms with van der Waals surface area (Å²) < 4.78 is -0.256. The van der Waals surface area contributed by atoms with Crippen LogP contribution in [0.25, 0.3) is 0 Å². The molecule has 2 atom stereocenters. The Balaban J connectivity index is 3.03. The highest BCUT2D eigenvalue weighted by molar-refractivity contribution is 6.33. The monoisotopic (exact) mass is 269 g/mol. The first-order valence-corrected chi connectivity index (χ1v) is 7.00. The van der Waals surface area contributed by atoms with Crippen molar-refractivity contribution in [3.05, 3.63) is 0 Å². The first-order chi connectivity index (χ1) is 8.85. The molecule has 0 aromatic rings. The number of Topliss-reactive ketones (excluding diaryl/α,β-unsaturated/α-hetero) is 1. The number of ketones is 1. The highest BCUT2D eigenvalue weighted by atomic mass is 16.4. The second-order valence-corrected chi connectivity index (χ2v) is 5.73. The molecule has 0 aromatic heterocycles. The molecule has 5 heteroatoms. The van der Waals surface area contributed by atoms with Gasteiger partial charge in [-0.05, 0) is 25.7 Å². The van der Waals surface area contributed by atoms with Crippen molar-refractivity contribution in [2.24, 2.45) is 5.92 Å². The molecule has 1 heterocycles. The van der Waals surface area contributed by atoms with Gasteiger partial charge in [0, 0.05) is 12.8 Å². The lowest BCUT2D eigenvalue weighted by molar-refractivity contribution is -0.873. The second kappa shape index (κ2) is 6.28. The van der Waals surface area contributed by atoms with Gasteiger partial charge in [0.25, 0.3) is 5.78 Å². The first-order valence-electron chi connectivity index (χ1n) is 7.00. The molecule has 19 heavy (non-hydrogen) atoms. The van der Waals surface area contributed by atoms with E-state index in [0.717, 1.165) is 12.8 Å². The molecule has 0 aromatic carbocycles. The molecule has 5 nitrogen and oxygen atoms in total. The fourth-order valence-corrected chi connectivity index (χ4v) is 2.93. The van der Waals surface area contributed by atoms with Crippen LogP contribution in [-0.2, 0) is 14.4 Å². The zero-order chi connectivity index (χ0) is 14.6. The van der Waals surface area contributed by atoms with E-state index in [1.165, 1.54) is 0 Å². The quantitative estimate of drug-likeness (QED) is 0.530. The van der Waals surface area contributed by atoms with Gasteiger partial charge in [-0.25, -0.2) is 9.28 Å². The van der Waals surface area contributed by atoms with Gasteiger partial charge in [0.2, 0.25) is 0 Å². The topological polar surface area (TPSA) is 74.3 Å². The third-order valence-corrected chi connectivity index (χ3v) is 3.95. The van der Waals surface area contributed by atoms with Crippen molar-refractivity contribution in [3.8, 4) is 0 Å². The zero-order valence-corrected chi connectivity index (χ0v) is 12.0. The molecule has 0 aliphatic carbocycles. The Labute approximate surface area is 114 Å². The number of piperidine rings is 1. The number of quaternary nitrogens is 1. The van der Waals surface area contributed by atoms with Crippen LogP contribution in [0.5, 0.6) is 0 Å². The summed E-state index contributed by atoms with van der Waals surface area (Å²) in [6.45, 7) is 6.27. The summed E-state index contributed by atoms with van der Waals surface area (Å²) in [5.41, 5.74) is 0. The minimum Gasteiger partial charge on any atom is -0.544 e. The number of nitrogens with zero attached hydrogens (tertiary/aromatic N) is 1. The fourth-order valence-electron chi connectivity index (χ4n) is 2.93. The maximum absolute atomic E-state index is 12.4. The molecule has 1 rings (SSSR count). The maximum atomic E-state index is 12.4. The first kappa shape index (κ1) is 15.8. The van der Waals surface area contributed by atoms with Crippen molar-refractivity contribution in [2.75, 3.05) is 13.1 Å². The van der Waals surface area contributed by atoms with Crippen molar-refractivity contribution in [3.63, 3.8) is 0 Å². The number of likely N-dealkylation sites (N-methyl/N-ethyl adjacent to an activating group) is 1. The maximum Gasteiger partial charge on any atom is 0.382 e. The Bertz CT molecular complexity index is 378. The van der Waals surface area contributed by atoms with Crippen LogP contribution in [0.15, 0.2) is 0 Å². The summed E-state index contributed by atoms with van der Waals surface area (Å²) >= 11 is 0. The van der Waals surface area contributed by atoms with Crippen molar-refractivity contribution >= 4 is 17.7 Å². The largest absolute Gasteiger partial charge is 0.544 e. The number of hydrogen-bond donors (Lipinski definition) is 0. The van der Waals surface area contributed by atoms with Gasteiger partial charge in [0.1, 0.15) is 6.04 Å². The van der Waals surface area contributed by atoms with Gasteiger partial charge < -0.3 is 9.90 Å². The molecule has 2 unspecified atom stereocenters. The van der Waals surface area contributed by atoms with E-state index in [1.807, 2.05) is 13.8 Å². The molecule has 0 spiro atoms. The summed E-state index contributed by atoms with van der Waals surface area (Å²) in [5, 5.41) is 11.3. The molecule has 0 bridgehead atoms. The second-order valence-electron chi connectivity index (χ2n) is 5.73. The van der Waals surface area contributed by atoms with E-state index >= 15 is 0 Å². The van der Waals surface area contributed by atoms with E-state index < -0.39 is 23.7 Å². The van der Waals surface area contributed by atoms with Crippen LogP contribution in [0.4, 0.5) is 0 Å². The predicted molar refractivity (Wildman–Crippen MR) is 67.8 cm³/mol. The minimum atomic E-state index is -1.22. The number of carbonyl (C=O) groups is 3. The Morgan fingerprint density at radius 2 is 1.89 bits per heavy atom. The average molecular weight is 269 g/mol. The zero-order valence-electron chi connectivity index (χ0n) is 12.0. The number of hydrogen-bond acceptors (Lipinski definition) is 4. The summed E-state index contributed by atoms with van der Waals surface area (Å²) in [6, 6.07) is -0.873. The molecule has 1 aliphatic heterocycles. The van der Waals surface area contributed by atoms with Crippen molar-refractivity contribution < 1.29 is 24.0 Å². The third-order valence-electron chi connectivity index (χ3n) is 3.95. The Hall–Kier alpha value is -1.23. The molecule has 0 saturated carbocycles. The molecule has 108 valence electrons.